The quantitative estimate of drug-likeness (QED) is 0.384. The topological polar surface area (TPSA) is 114 Å². The number of carbonyl (C=O) groups excluding carboxylic acids is 1. The van der Waals surface area contributed by atoms with E-state index in [4.69, 9.17) is 27.9 Å². The van der Waals surface area contributed by atoms with Crippen LogP contribution in [0.5, 0.6) is 11.5 Å². The van der Waals surface area contributed by atoms with Crippen LogP contribution >= 0.6 is 39.1 Å². The van der Waals surface area contributed by atoms with Crippen molar-refractivity contribution in [3.05, 3.63) is 60.5 Å². The molecule has 2 N–H and O–H groups in total. The number of aromatic hydroxyl groups is 1. The van der Waals surface area contributed by atoms with Crippen molar-refractivity contribution in [3.63, 3.8) is 0 Å². The second-order valence-electron chi connectivity index (χ2n) is 4.78. The minimum atomic E-state index is -0.783. The number of nitrogens with zero attached hydrogens (tertiary/aromatic N) is 2. The molecule has 26 heavy (non-hydrogen) atoms. The fraction of sp³-hybridized carbons (Fsp3) is 0.0667. The largest absolute Gasteiger partial charge is 0.502 e. The summed E-state index contributed by atoms with van der Waals surface area (Å²) in [7, 11) is 0. The number of amides is 1. The predicted octanol–water partition coefficient (Wildman–Crippen LogP) is 3.90. The Bertz CT molecular complexity index is 892. The number of hydrogen-bond acceptors (Lipinski definition) is 6. The van der Waals surface area contributed by atoms with Crippen LogP contribution in [-0.2, 0) is 4.79 Å². The van der Waals surface area contributed by atoms with Gasteiger partial charge in [-0.2, -0.15) is 5.10 Å². The van der Waals surface area contributed by atoms with E-state index in [9.17, 15) is 20.0 Å². The van der Waals surface area contributed by atoms with Gasteiger partial charge in [-0.3, -0.25) is 14.9 Å². The molecule has 0 unspecified atom stereocenters. The summed E-state index contributed by atoms with van der Waals surface area (Å²) in [5, 5.41) is 24.8. The van der Waals surface area contributed by atoms with E-state index < -0.39 is 22.3 Å². The van der Waals surface area contributed by atoms with Gasteiger partial charge in [-0.1, -0.05) is 23.2 Å². The first-order valence-electron chi connectivity index (χ1n) is 6.84. The van der Waals surface area contributed by atoms with Crippen LogP contribution in [0.2, 0.25) is 10.0 Å². The molecular formula is C15H10BrCl2N3O5. The van der Waals surface area contributed by atoms with Gasteiger partial charge in [0.05, 0.1) is 15.6 Å². The highest BCUT2D eigenvalue weighted by atomic mass is 79.9. The zero-order valence-corrected chi connectivity index (χ0v) is 15.9. The van der Waals surface area contributed by atoms with E-state index in [0.29, 0.717) is 15.2 Å². The van der Waals surface area contributed by atoms with Crippen molar-refractivity contribution in [2.45, 2.75) is 0 Å². The molecule has 0 saturated heterocycles. The lowest BCUT2D eigenvalue weighted by atomic mass is 10.2. The third-order valence-electron chi connectivity index (χ3n) is 2.93. The molecule has 2 rings (SSSR count). The van der Waals surface area contributed by atoms with Crippen LogP contribution < -0.4 is 10.2 Å². The summed E-state index contributed by atoms with van der Waals surface area (Å²) in [6.45, 7) is -0.334. The lowest BCUT2D eigenvalue weighted by molar-refractivity contribution is -0.385. The Balaban J connectivity index is 1.98. The van der Waals surface area contributed by atoms with Crippen molar-refractivity contribution in [2.75, 3.05) is 6.61 Å². The van der Waals surface area contributed by atoms with Gasteiger partial charge in [-0.15, -0.1) is 0 Å². The number of nitro groups is 1. The van der Waals surface area contributed by atoms with E-state index in [1.165, 1.54) is 6.07 Å². The number of phenols is 1. The molecule has 1 amide bonds. The van der Waals surface area contributed by atoms with Gasteiger partial charge in [0.15, 0.2) is 6.61 Å². The van der Waals surface area contributed by atoms with Crippen LogP contribution in [0.3, 0.4) is 0 Å². The molecule has 0 bridgehead atoms. The molecule has 0 fully saturated rings. The first kappa shape index (κ1) is 20.0. The number of phenolic OH excluding ortho intramolecular Hbond substituents is 1. The van der Waals surface area contributed by atoms with E-state index >= 15 is 0 Å². The Morgan fingerprint density at radius 2 is 2.08 bits per heavy atom. The molecule has 136 valence electrons. The van der Waals surface area contributed by atoms with Gasteiger partial charge in [0.2, 0.25) is 5.75 Å². The minimum Gasteiger partial charge on any atom is -0.502 e. The highest BCUT2D eigenvalue weighted by molar-refractivity contribution is 9.10. The maximum absolute atomic E-state index is 11.7. The summed E-state index contributed by atoms with van der Waals surface area (Å²) in [4.78, 5) is 21.8. The molecule has 11 heteroatoms. The Morgan fingerprint density at radius 1 is 1.35 bits per heavy atom. The van der Waals surface area contributed by atoms with Gasteiger partial charge in [0.1, 0.15) is 5.75 Å². The number of hydrazone groups is 1. The average Bonchev–Trinajstić information content (AvgIpc) is 2.56. The number of hydrogen-bond donors (Lipinski definition) is 2. The van der Waals surface area contributed by atoms with Crippen LogP contribution in [-0.4, -0.2) is 28.8 Å². The molecule has 0 atom stereocenters. The molecule has 0 saturated carbocycles. The van der Waals surface area contributed by atoms with E-state index in [0.717, 1.165) is 12.3 Å². The first-order chi connectivity index (χ1) is 12.3. The summed E-state index contributed by atoms with van der Waals surface area (Å²) < 4.78 is 5.88. The molecule has 0 aliphatic heterocycles. The number of ether oxygens (including phenoxy) is 1. The Hall–Kier alpha value is -2.36. The zero-order chi connectivity index (χ0) is 19.3. The van der Waals surface area contributed by atoms with Crippen LogP contribution in [0.4, 0.5) is 5.69 Å². The molecule has 0 aromatic heterocycles. The molecule has 0 heterocycles. The van der Waals surface area contributed by atoms with Crippen molar-refractivity contribution >= 4 is 56.9 Å². The number of nitro benzene ring substituents is 1. The van der Waals surface area contributed by atoms with Crippen molar-refractivity contribution in [1.82, 2.24) is 5.43 Å². The fourth-order valence-corrected chi connectivity index (χ4v) is 2.80. The van der Waals surface area contributed by atoms with Gasteiger partial charge in [0, 0.05) is 21.7 Å². The third-order valence-corrected chi connectivity index (χ3v) is 4.00. The van der Waals surface area contributed by atoms with Crippen LogP contribution in [0.1, 0.15) is 5.56 Å². The minimum absolute atomic E-state index is 0.0223. The fourth-order valence-electron chi connectivity index (χ4n) is 1.78. The zero-order valence-electron chi connectivity index (χ0n) is 12.8. The van der Waals surface area contributed by atoms with Gasteiger partial charge in [0.25, 0.3) is 5.91 Å². The van der Waals surface area contributed by atoms with E-state index in [1.807, 2.05) is 0 Å². The molecule has 2 aromatic rings. The van der Waals surface area contributed by atoms with Gasteiger partial charge < -0.3 is 9.84 Å². The van der Waals surface area contributed by atoms with Crippen molar-refractivity contribution in [3.8, 4) is 11.5 Å². The molecule has 0 aliphatic carbocycles. The Labute approximate surface area is 165 Å². The third kappa shape index (κ3) is 5.32. The second-order valence-corrected chi connectivity index (χ2v) is 6.50. The standard InChI is InChI=1S/C15H10BrCl2N3O5/c16-11-4-9(17)1-2-13(11)26-7-14(22)20-19-6-8-3-10(18)5-12(15(8)23)21(24)25/h1-6,23H,7H2,(H,20,22)/b19-6-. The number of rotatable bonds is 6. The Kier molecular flexibility index (Phi) is 6.78. The lowest BCUT2D eigenvalue weighted by Crippen LogP contribution is -2.24. The summed E-state index contributed by atoms with van der Waals surface area (Å²) in [6, 6.07) is 7.08. The lowest BCUT2D eigenvalue weighted by Gasteiger charge is -2.07. The normalized spacial score (nSPS) is 10.7. The molecule has 8 nitrogen and oxygen atoms in total. The molecule has 0 radical (unpaired) electrons. The van der Waals surface area contributed by atoms with Crippen molar-refractivity contribution < 1.29 is 19.6 Å². The smallest absolute Gasteiger partial charge is 0.312 e. The monoisotopic (exact) mass is 461 g/mol. The summed E-state index contributed by atoms with van der Waals surface area (Å²) in [5.74, 6) is -0.783. The van der Waals surface area contributed by atoms with Gasteiger partial charge in [-0.25, -0.2) is 5.43 Å². The van der Waals surface area contributed by atoms with Crippen LogP contribution in [0.15, 0.2) is 39.9 Å². The van der Waals surface area contributed by atoms with E-state index in [-0.39, 0.29) is 17.2 Å². The highest BCUT2D eigenvalue weighted by Crippen LogP contribution is 2.32. The first-order valence-corrected chi connectivity index (χ1v) is 8.39. The summed E-state index contributed by atoms with van der Waals surface area (Å²) in [5.41, 5.74) is 1.58. The van der Waals surface area contributed by atoms with Crippen molar-refractivity contribution in [2.24, 2.45) is 5.10 Å². The maximum atomic E-state index is 11.7. The number of carbonyl (C=O) groups is 1. The van der Waals surface area contributed by atoms with Gasteiger partial charge in [-0.05, 0) is 40.2 Å². The predicted molar refractivity (Wildman–Crippen MR) is 100 cm³/mol. The SMILES string of the molecule is O=C(COc1ccc(Cl)cc1Br)N/N=C\c1cc(Cl)cc([N+](=O)[O-])c1O. The molecule has 0 aliphatic rings. The second kappa shape index (κ2) is 8.84. The van der Waals surface area contributed by atoms with E-state index in [2.05, 4.69) is 26.5 Å². The van der Waals surface area contributed by atoms with Crippen molar-refractivity contribution in [1.29, 1.82) is 0 Å². The Morgan fingerprint density at radius 3 is 2.73 bits per heavy atom. The van der Waals surface area contributed by atoms with Crippen LogP contribution in [0.25, 0.3) is 0 Å². The molecule has 0 spiro atoms. The molecular weight excluding hydrogens is 453 g/mol. The summed E-state index contributed by atoms with van der Waals surface area (Å²) >= 11 is 14.8. The average molecular weight is 463 g/mol. The number of benzene rings is 2. The summed E-state index contributed by atoms with van der Waals surface area (Å²) in [6.07, 6.45) is 1.03. The maximum Gasteiger partial charge on any atom is 0.312 e. The number of halogens is 3. The molecule has 2 aromatic carbocycles. The highest BCUT2D eigenvalue weighted by Gasteiger charge is 2.17. The van der Waals surface area contributed by atoms with E-state index in [1.54, 1.807) is 18.2 Å². The van der Waals surface area contributed by atoms with Crippen LogP contribution in [0, 0.1) is 10.1 Å². The van der Waals surface area contributed by atoms with Gasteiger partial charge >= 0.3 is 5.69 Å². The number of nitrogens with one attached hydrogen (secondary N) is 1.